The van der Waals surface area contributed by atoms with Crippen LogP contribution >= 0.6 is 0 Å². The van der Waals surface area contributed by atoms with Gasteiger partial charge in [-0.1, -0.05) is 24.3 Å². The number of imidazole rings is 1. The number of fused-ring (bicyclic) bond motifs is 1. The predicted molar refractivity (Wildman–Crippen MR) is 129 cm³/mol. The Kier molecular flexibility index (Phi) is 5.29. The number of carbonyl (C=O) groups is 1. The molecule has 5 aromatic rings. The van der Waals surface area contributed by atoms with E-state index in [0.29, 0.717) is 11.5 Å². The van der Waals surface area contributed by atoms with Gasteiger partial charge in [0.2, 0.25) is 5.91 Å². The number of hydrogen-bond donors (Lipinski definition) is 1. The van der Waals surface area contributed by atoms with E-state index in [1.165, 1.54) is 10.7 Å². The van der Waals surface area contributed by atoms with Gasteiger partial charge in [-0.25, -0.2) is 14.3 Å². The molecule has 0 spiro atoms. The lowest BCUT2D eigenvalue weighted by Gasteiger charge is -2.16. The maximum atomic E-state index is 13.2. The lowest BCUT2D eigenvalue weighted by molar-refractivity contribution is -0.119. The fraction of sp³-hybridized carbons (Fsp3) is 0.160. The summed E-state index contributed by atoms with van der Waals surface area (Å²) in [6.07, 6.45) is 3.83. The largest absolute Gasteiger partial charge is 0.324 e. The lowest BCUT2D eigenvalue weighted by atomic mass is 10.1. The van der Waals surface area contributed by atoms with Gasteiger partial charge in [-0.15, -0.1) is 5.10 Å². The van der Waals surface area contributed by atoms with Crippen molar-refractivity contribution in [2.45, 2.75) is 26.8 Å². The van der Waals surface area contributed by atoms with Crippen molar-refractivity contribution in [3.63, 3.8) is 0 Å². The van der Waals surface area contributed by atoms with Crippen LogP contribution in [-0.4, -0.2) is 34.9 Å². The Hall–Kier alpha value is -4.53. The van der Waals surface area contributed by atoms with Crippen LogP contribution in [0.2, 0.25) is 0 Å². The molecule has 1 atom stereocenters. The summed E-state index contributed by atoms with van der Waals surface area (Å²) in [5.74, 6) is 0.103. The fourth-order valence-electron chi connectivity index (χ4n) is 3.89. The van der Waals surface area contributed by atoms with Gasteiger partial charge in [0.15, 0.2) is 5.82 Å². The molecule has 0 saturated carbocycles. The highest BCUT2D eigenvalue weighted by Crippen LogP contribution is 2.28. The summed E-state index contributed by atoms with van der Waals surface area (Å²) in [5.41, 5.74) is 4.27. The topological polar surface area (TPSA) is 99.1 Å². The van der Waals surface area contributed by atoms with Crippen LogP contribution in [0.25, 0.3) is 22.7 Å². The zero-order chi connectivity index (χ0) is 23.8. The number of aryl methyl sites for hydroxylation is 2. The number of nitrogens with zero attached hydrogens (tertiary/aromatic N) is 6. The van der Waals surface area contributed by atoms with Crippen LogP contribution < -0.4 is 10.9 Å². The quantitative estimate of drug-likeness (QED) is 0.439. The van der Waals surface area contributed by atoms with E-state index in [1.54, 1.807) is 17.7 Å². The predicted octanol–water partition coefficient (Wildman–Crippen LogP) is 3.56. The molecule has 4 aromatic heterocycles. The lowest BCUT2D eigenvalue weighted by Crippen LogP contribution is -2.33. The maximum absolute atomic E-state index is 13.2. The van der Waals surface area contributed by atoms with Crippen LogP contribution in [0, 0.1) is 13.8 Å². The summed E-state index contributed by atoms with van der Waals surface area (Å²) in [7, 11) is 0. The minimum Gasteiger partial charge on any atom is -0.324 e. The van der Waals surface area contributed by atoms with Crippen LogP contribution in [-0.2, 0) is 4.79 Å². The molecule has 0 aliphatic heterocycles. The van der Waals surface area contributed by atoms with E-state index in [9.17, 15) is 9.59 Å². The number of pyridine rings is 1. The molecule has 1 aromatic carbocycles. The third-order valence-corrected chi connectivity index (χ3v) is 5.61. The zero-order valence-electron chi connectivity index (χ0n) is 19.0. The molecule has 4 heterocycles. The highest BCUT2D eigenvalue weighted by atomic mass is 16.2. The van der Waals surface area contributed by atoms with E-state index >= 15 is 0 Å². The molecule has 9 heteroatoms. The van der Waals surface area contributed by atoms with Crippen molar-refractivity contribution in [2.24, 2.45) is 0 Å². The number of benzene rings is 1. The Balaban J connectivity index is 1.45. The van der Waals surface area contributed by atoms with Gasteiger partial charge < -0.3 is 9.72 Å². The molecule has 0 saturated heterocycles. The summed E-state index contributed by atoms with van der Waals surface area (Å²) in [5, 5.41) is 11.8. The molecule has 34 heavy (non-hydrogen) atoms. The minimum atomic E-state index is -0.849. The van der Waals surface area contributed by atoms with Gasteiger partial charge in [0.05, 0.1) is 17.1 Å². The Morgan fingerprint density at radius 3 is 2.56 bits per heavy atom. The normalized spacial score (nSPS) is 12.1. The van der Waals surface area contributed by atoms with E-state index in [4.69, 9.17) is 0 Å². The van der Waals surface area contributed by atoms with Crippen molar-refractivity contribution in [1.82, 2.24) is 28.9 Å². The van der Waals surface area contributed by atoms with Crippen molar-refractivity contribution in [2.75, 3.05) is 5.32 Å². The SMILES string of the molecule is Cc1cc(C)n(-c2ccc(=O)n(C(C)C(=O)Nc3ccccc3-c3cn4ccccc4n3)n2)n1. The van der Waals surface area contributed by atoms with Crippen molar-refractivity contribution < 1.29 is 4.79 Å². The van der Waals surface area contributed by atoms with E-state index in [0.717, 1.165) is 28.3 Å². The number of amides is 1. The van der Waals surface area contributed by atoms with Crippen LogP contribution in [0.15, 0.2) is 77.9 Å². The number of rotatable bonds is 5. The highest BCUT2D eigenvalue weighted by Gasteiger charge is 2.20. The van der Waals surface area contributed by atoms with Gasteiger partial charge in [0, 0.05) is 29.7 Å². The van der Waals surface area contributed by atoms with Crippen LogP contribution in [0.4, 0.5) is 5.69 Å². The second-order valence-corrected chi connectivity index (χ2v) is 8.12. The molecule has 1 amide bonds. The molecule has 0 aliphatic carbocycles. The number of nitrogens with one attached hydrogen (secondary N) is 1. The summed E-state index contributed by atoms with van der Waals surface area (Å²) in [4.78, 5) is 30.4. The van der Waals surface area contributed by atoms with Gasteiger partial charge in [-0.3, -0.25) is 9.59 Å². The van der Waals surface area contributed by atoms with Crippen LogP contribution in [0.3, 0.4) is 0 Å². The average Bonchev–Trinajstić information content (AvgIpc) is 3.41. The van der Waals surface area contributed by atoms with Gasteiger partial charge in [-0.05, 0) is 51.1 Å². The molecule has 1 N–H and O–H groups in total. The molecule has 0 bridgehead atoms. The summed E-state index contributed by atoms with van der Waals surface area (Å²) < 4.78 is 4.74. The molecule has 170 valence electrons. The molecule has 0 fully saturated rings. The smallest absolute Gasteiger partial charge is 0.267 e. The van der Waals surface area contributed by atoms with E-state index in [2.05, 4.69) is 20.5 Å². The Morgan fingerprint density at radius 2 is 1.79 bits per heavy atom. The third kappa shape index (κ3) is 3.88. The van der Waals surface area contributed by atoms with Crippen molar-refractivity contribution in [3.8, 4) is 17.1 Å². The van der Waals surface area contributed by atoms with Gasteiger partial charge >= 0.3 is 0 Å². The molecule has 1 unspecified atom stereocenters. The first-order chi connectivity index (χ1) is 16.4. The number of anilines is 1. The van der Waals surface area contributed by atoms with E-state index < -0.39 is 6.04 Å². The second kappa shape index (κ2) is 8.43. The summed E-state index contributed by atoms with van der Waals surface area (Å²) in [6, 6.07) is 17.3. The monoisotopic (exact) mass is 453 g/mol. The highest BCUT2D eigenvalue weighted by molar-refractivity contribution is 5.97. The summed E-state index contributed by atoms with van der Waals surface area (Å²) >= 11 is 0. The Morgan fingerprint density at radius 1 is 1.00 bits per heavy atom. The number of carbonyl (C=O) groups excluding carboxylic acids is 1. The van der Waals surface area contributed by atoms with Crippen molar-refractivity contribution >= 4 is 17.2 Å². The fourth-order valence-corrected chi connectivity index (χ4v) is 3.89. The zero-order valence-corrected chi connectivity index (χ0v) is 19.0. The Labute approximate surface area is 195 Å². The number of hydrogen-bond acceptors (Lipinski definition) is 5. The minimum absolute atomic E-state index is 0.365. The van der Waals surface area contributed by atoms with Crippen molar-refractivity contribution in [3.05, 3.63) is 94.8 Å². The van der Waals surface area contributed by atoms with Gasteiger partial charge in [-0.2, -0.15) is 5.10 Å². The molecule has 0 radical (unpaired) electrons. The molecular formula is C25H23N7O2. The maximum Gasteiger partial charge on any atom is 0.267 e. The average molecular weight is 454 g/mol. The van der Waals surface area contributed by atoms with E-state index in [-0.39, 0.29) is 11.5 Å². The molecule has 9 nitrogen and oxygen atoms in total. The molecular weight excluding hydrogens is 430 g/mol. The number of para-hydroxylation sites is 1. The summed E-state index contributed by atoms with van der Waals surface area (Å²) in [6.45, 7) is 5.43. The van der Waals surface area contributed by atoms with E-state index in [1.807, 2.05) is 79.2 Å². The molecule has 0 aliphatic rings. The van der Waals surface area contributed by atoms with Crippen molar-refractivity contribution in [1.29, 1.82) is 0 Å². The first kappa shape index (κ1) is 21.3. The third-order valence-electron chi connectivity index (χ3n) is 5.61. The Bertz CT molecular complexity index is 1540. The first-order valence-corrected chi connectivity index (χ1v) is 10.9. The van der Waals surface area contributed by atoms with Crippen LogP contribution in [0.5, 0.6) is 0 Å². The standard InChI is InChI=1S/C25H23N7O2/c1-16-14-17(2)31(28-16)23-11-12-24(33)32(29-23)18(3)25(34)27-20-9-5-4-8-19(20)21-15-30-13-7-6-10-22(30)26-21/h4-15,18H,1-3H3,(H,27,34). The first-order valence-electron chi connectivity index (χ1n) is 10.9. The molecule has 5 rings (SSSR count). The number of aromatic nitrogens is 6. The second-order valence-electron chi connectivity index (χ2n) is 8.12. The van der Waals surface area contributed by atoms with Gasteiger partial charge in [0.25, 0.3) is 5.56 Å². The van der Waals surface area contributed by atoms with Crippen LogP contribution in [0.1, 0.15) is 24.4 Å². The van der Waals surface area contributed by atoms with Gasteiger partial charge in [0.1, 0.15) is 11.7 Å².